The number of hydrogen-bond acceptors (Lipinski definition) is 8. The number of aromatic nitrogens is 2. The molecule has 3 heterocycles. The largest absolute Gasteiger partial charge is 0.508 e. The van der Waals surface area contributed by atoms with Crippen LogP contribution in [-0.4, -0.2) is 71.5 Å². The Kier molecular flexibility index (Phi) is 7.29. The zero-order chi connectivity index (χ0) is 29.4. The summed E-state index contributed by atoms with van der Waals surface area (Å²) >= 11 is 0. The molecule has 0 saturated carbocycles. The first-order valence-electron chi connectivity index (χ1n) is 13.7. The highest BCUT2D eigenvalue weighted by Gasteiger charge is 2.33. The van der Waals surface area contributed by atoms with E-state index in [0.29, 0.717) is 31.9 Å². The summed E-state index contributed by atoms with van der Waals surface area (Å²) < 4.78 is 35.5. The van der Waals surface area contributed by atoms with Crippen LogP contribution < -0.4 is 9.46 Å². The van der Waals surface area contributed by atoms with E-state index in [-0.39, 0.29) is 46.6 Å². The number of nitrogens with zero attached hydrogens (tertiary/aromatic N) is 4. The molecular weight excluding hydrogens is 554 g/mol. The lowest BCUT2D eigenvalue weighted by Crippen LogP contribution is -2.57. The molecule has 0 unspecified atom stereocenters. The SMILES string of the molecule is Cc1cccc(C)c1-c1cc2nc(n1)NS(=O)(=O)c1cccc(c1)C(=O)N1CCN(Cc3ccccc3O)C[C@@H]1CO2. The van der Waals surface area contributed by atoms with Crippen molar-refractivity contribution in [1.29, 1.82) is 0 Å². The van der Waals surface area contributed by atoms with Crippen LogP contribution in [0.15, 0.2) is 77.7 Å². The number of nitrogens with one attached hydrogen (secondary N) is 1. The summed E-state index contributed by atoms with van der Waals surface area (Å²) in [6.07, 6.45) is 0. The van der Waals surface area contributed by atoms with Gasteiger partial charge in [0.15, 0.2) is 0 Å². The van der Waals surface area contributed by atoms with E-state index in [1.54, 1.807) is 35.2 Å². The zero-order valence-electron chi connectivity index (χ0n) is 23.3. The standard InChI is InChI=1S/C31H31N5O5S/c1-20-7-5-8-21(2)29(20)26-16-28-33-31(32-26)34-42(39,40)25-11-6-10-22(15-25)30(38)36-14-13-35(18-24(36)19-41-28)17-23-9-3-4-12-27(23)37/h3-12,15-16,24,37H,13-14,17-19H2,1-2H3,(H,32,33,34)/t24-/m1/s1. The van der Waals surface area contributed by atoms with Crippen LogP contribution in [0.2, 0.25) is 0 Å². The number of ether oxygens (including phenoxy) is 1. The molecule has 4 bridgehead atoms. The van der Waals surface area contributed by atoms with Crippen molar-refractivity contribution in [1.82, 2.24) is 19.8 Å². The van der Waals surface area contributed by atoms with Crippen LogP contribution in [0.1, 0.15) is 27.0 Å². The number of fused-ring (bicyclic) bond motifs is 5. The van der Waals surface area contributed by atoms with Gasteiger partial charge in [0.1, 0.15) is 12.4 Å². The van der Waals surface area contributed by atoms with E-state index in [0.717, 1.165) is 22.3 Å². The fourth-order valence-electron chi connectivity index (χ4n) is 5.57. The van der Waals surface area contributed by atoms with Crippen LogP contribution in [0.25, 0.3) is 11.3 Å². The molecule has 6 rings (SSSR count). The lowest BCUT2D eigenvalue weighted by atomic mass is 10.00. The second-order valence-electron chi connectivity index (χ2n) is 10.6. The summed E-state index contributed by atoms with van der Waals surface area (Å²) in [4.78, 5) is 26.5. The molecular formula is C31H31N5O5S. The fraction of sp³-hybridized carbons (Fsp3) is 0.258. The molecule has 3 aromatic carbocycles. The van der Waals surface area contributed by atoms with Crippen molar-refractivity contribution in [3.05, 3.63) is 95.1 Å². The van der Waals surface area contributed by atoms with E-state index in [4.69, 9.17) is 4.74 Å². The fourth-order valence-corrected chi connectivity index (χ4v) is 6.56. The van der Waals surface area contributed by atoms with E-state index < -0.39 is 10.0 Å². The van der Waals surface area contributed by atoms with E-state index in [1.807, 2.05) is 44.2 Å². The number of carbonyl (C=O) groups excluding carboxylic acids is 1. The smallest absolute Gasteiger partial charge is 0.264 e. The highest BCUT2D eigenvalue weighted by atomic mass is 32.2. The average Bonchev–Trinajstić information content (AvgIpc) is 2.96. The van der Waals surface area contributed by atoms with Crippen LogP contribution in [0.5, 0.6) is 11.6 Å². The second kappa shape index (κ2) is 11.1. The van der Waals surface area contributed by atoms with Crippen molar-refractivity contribution in [2.24, 2.45) is 0 Å². The Hall–Kier alpha value is -4.48. The number of amides is 1. The number of phenolic OH excluding ortho intramolecular Hbond substituents is 1. The molecule has 4 aromatic rings. The molecule has 11 heteroatoms. The zero-order valence-corrected chi connectivity index (χ0v) is 24.1. The molecule has 216 valence electrons. The van der Waals surface area contributed by atoms with Crippen LogP contribution in [0.4, 0.5) is 5.95 Å². The topological polar surface area (TPSA) is 125 Å². The molecule has 2 aliphatic heterocycles. The first-order valence-corrected chi connectivity index (χ1v) is 15.2. The summed E-state index contributed by atoms with van der Waals surface area (Å²) in [5.74, 6) is 0.00994. The van der Waals surface area contributed by atoms with Crippen molar-refractivity contribution < 1.29 is 23.1 Å². The number of aromatic hydroxyl groups is 1. The van der Waals surface area contributed by atoms with Gasteiger partial charge in [0.25, 0.3) is 15.9 Å². The van der Waals surface area contributed by atoms with Crippen LogP contribution in [-0.2, 0) is 16.6 Å². The maximum Gasteiger partial charge on any atom is 0.264 e. The number of rotatable bonds is 3. The monoisotopic (exact) mass is 585 g/mol. The Balaban J connectivity index is 1.41. The number of aryl methyl sites for hydroxylation is 2. The van der Waals surface area contributed by atoms with Crippen molar-refractivity contribution >= 4 is 21.9 Å². The Morgan fingerprint density at radius 2 is 1.74 bits per heavy atom. The molecule has 1 saturated heterocycles. The van der Waals surface area contributed by atoms with E-state index in [1.165, 1.54) is 12.1 Å². The molecule has 2 N–H and O–H groups in total. The number of para-hydroxylation sites is 1. The van der Waals surface area contributed by atoms with Gasteiger partial charge >= 0.3 is 0 Å². The van der Waals surface area contributed by atoms with Gasteiger partial charge in [-0.05, 0) is 49.2 Å². The van der Waals surface area contributed by atoms with Gasteiger partial charge in [-0.2, -0.15) is 4.98 Å². The van der Waals surface area contributed by atoms with Gasteiger partial charge in [0.2, 0.25) is 11.8 Å². The highest BCUT2D eigenvalue weighted by Crippen LogP contribution is 2.30. The summed E-state index contributed by atoms with van der Waals surface area (Å²) in [5.41, 5.74) is 4.39. The van der Waals surface area contributed by atoms with Crippen molar-refractivity contribution in [3.8, 4) is 22.9 Å². The summed E-state index contributed by atoms with van der Waals surface area (Å²) in [6.45, 7) is 6.02. The number of sulfonamides is 1. The number of benzene rings is 3. The van der Waals surface area contributed by atoms with Gasteiger partial charge in [-0.3, -0.25) is 9.69 Å². The maximum atomic E-state index is 13.7. The number of piperazine rings is 1. The third kappa shape index (κ3) is 5.53. The third-order valence-electron chi connectivity index (χ3n) is 7.69. The molecule has 1 atom stereocenters. The minimum atomic E-state index is -4.11. The first-order chi connectivity index (χ1) is 20.2. The second-order valence-corrected chi connectivity index (χ2v) is 12.3. The Bertz CT molecular complexity index is 1760. The third-order valence-corrected chi connectivity index (χ3v) is 9.02. The Labute approximate surface area is 244 Å². The Morgan fingerprint density at radius 3 is 2.52 bits per heavy atom. The van der Waals surface area contributed by atoms with Gasteiger partial charge in [-0.15, -0.1) is 0 Å². The quantitative estimate of drug-likeness (QED) is 0.370. The number of phenols is 1. The van der Waals surface area contributed by atoms with Crippen molar-refractivity contribution in [2.45, 2.75) is 31.3 Å². The number of carbonyl (C=O) groups is 1. The summed E-state index contributed by atoms with van der Waals surface area (Å²) in [5, 5.41) is 10.3. The van der Waals surface area contributed by atoms with Crippen LogP contribution in [0, 0.1) is 13.8 Å². The molecule has 1 amide bonds. The summed E-state index contributed by atoms with van der Waals surface area (Å²) in [7, 11) is -4.11. The normalized spacial score (nSPS) is 18.5. The lowest BCUT2D eigenvalue weighted by Gasteiger charge is -2.41. The predicted octanol–water partition coefficient (Wildman–Crippen LogP) is 3.99. The molecule has 0 spiro atoms. The molecule has 1 fully saturated rings. The predicted molar refractivity (Wildman–Crippen MR) is 158 cm³/mol. The molecule has 0 radical (unpaired) electrons. The minimum absolute atomic E-state index is 0.0640. The molecule has 42 heavy (non-hydrogen) atoms. The Morgan fingerprint density at radius 1 is 0.976 bits per heavy atom. The summed E-state index contributed by atoms with van der Waals surface area (Å²) in [6, 6.07) is 20.4. The minimum Gasteiger partial charge on any atom is -0.508 e. The maximum absolute atomic E-state index is 13.7. The van der Waals surface area contributed by atoms with Gasteiger partial charge in [0, 0.05) is 48.9 Å². The van der Waals surface area contributed by atoms with Crippen LogP contribution >= 0.6 is 0 Å². The van der Waals surface area contributed by atoms with Crippen molar-refractivity contribution in [3.63, 3.8) is 0 Å². The van der Waals surface area contributed by atoms with E-state index in [2.05, 4.69) is 19.6 Å². The number of hydrogen-bond donors (Lipinski definition) is 2. The van der Waals surface area contributed by atoms with Gasteiger partial charge in [0.05, 0.1) is 16.6 Å². The molecule has 2 aliphatic rings. The van der Waals surface area contributed by atoms with E-state index >= 15 is 0 Å². The van der Waals surface area contributed by atoms with Gasteiger partial charge in [-0.25, -0.2) is 18.1 Å². The van der Waals surface area contributed by atoms with E-state index in [9.17, 15) is 18.3 Å². The molecule has 1 aromatic heterocycles. The number of anilines is 1. The van der Waals surface area contributed by atoms with Crippen LogP contribution in [0.3, 0.4) is 0 Å². The lowest BCUT2D eigenvalue weighted by molar-refractivity contribution is 0.0308. The van der Waals surface area contributed by atoms with Gasteiger partial charge in [-0.1, -0.05) is 42.5 Å². The first kappa shape index (κ1) is 27.7. The highest BCUT2D eigenvalue weighted by molar-refractivity contribution is 7.92. The molecule has 10 nitrogen and oxygen atoms in total. The van der Waals surface area contributed by atoms with Gasteiger partial charge < -0.3 is 14.7 Å². The van der Waals surface area contributed by atoms with Crippen molar-refractivity contribution in [2.75, 3.05) is 31.0 Å². The molecule has 0 aliphatic carbocycles. The average molecular weight is 586 g/mol.